The summed E-state index contributed by atoms with van der Waals surface area (Å²) in [5.74, 6) is 0. The Hall–Kier alpha value is -2.85. The molecule has 1 heterocycles. The molecular formula is C22H17BrN2O. The van der Waals surface area contributed by atoms with Crippen LogP contribution in [0.15, 0.2) is 102 Å². The first kappa shape index (κ1) is 16.6. The minimum atomic E-state index is -0.148. The van der Waals surface area contributed by atoms with E-state index in [2.05, 4.69) is 22.0 Å². The second-order valence-corrected chi connectivity index (χ2v) is 6.95. The van der Waals surface area contributed by atoms with Gasteiger partial charge in [-0.1, -0.05) is 64.5 Å². The Morgan fingerprint density at radius 1 is 0.731 bits per heavy atom. The van der Waals surface area contributed by atoms with E-state index in [4.69, 9.17) is 0 Å². The molecule has 0 aromatic heterocycles. The summed E-state index contributed by atoms with van der Waals surface area (Å²) in [6.07, 6.45) is 3.93. The third kappa shape index (κ3) is 3.16. The lowest BCUT2D eigenvalue weighted by Gasteiger charge is -2.37. The van der Waals surface area contributed by atoms with E-state index in [9.17, 15) is 4.79 Å². The highest BCUT2D eigenvalue weighted by Gasteiger charge is 2.32. The van der Waals surface area contributed by atoms with Crippen LogP contribution in [0.25, 0.3) is 0 Å². The summed E-state index contributed by atoms with van der Waals surface area (Å²) in [6.45, 7) is 0. The van der Waals surface area contributed by atoms with E-state index in [0.29, 0.717) is 0 Å². The molecule has 26 heavy (non-hydrogen) atoms. The number of para-hydroxylation sites is 1. The van der Waals surface area contributed by atoms with Crippen molar-refractivity contribution < 1.29 is 4.79 Å². The van der Waals surface area contributed by atoms with Gasteiger partial charge in [0.2, 0.25) is 0 Å². The quantitative estimate of drug-likeness (QED) is 0.513. The van der Waals surface area contributed by atoms with Crippen molar-refractivity contribution in [1.29, 1.82) is 0 Å². The van der Waals surface area contributed by atoms with Crippen LogP contribution < -0.4 is 9.80 Å². The smallest absolute Gasteiger partial charge is 0.283 e. The summed E-state index contributed by atoms with van der Waals surface area (Å²) in [7, 11) is 0. The SMILES string of the molecule is O=C1N(c2ccccc2)C=C[C@H](c2ccccc2)N1c1ccc(Br)cc1. The molecule has 0 bridgehead atoms. The predicted octanol–water partition coefficient (Wildman–Crippen LogP) is 6.15. The molecule has 0 unspecified atom stereocenters. The van der Waals surface area contributed by atoms with Gasteiger partial charge in [0.05, 0.1) is 11.7 Å². The molecule has 1 aliphatic heterocycles. The second kappa shape index (κ2) is 7.18. The number of urea groups is 1. The number of carbonyl (C=O) groups is 1. The van der Waals surface area contributed by atoms with Gasteiger partial charge in [0.15, 0.2) is 0 Å². The number of hydrogen-bond donors (Lipinski definition) is 0. The molecule has 0 fully saturated rings. The number of hydrogen-bond acceptors (Lipinski definition) is 1. The van der Waals surface area contributed by atoms with Crippen LogP contribution >= 0.6 is 15.9 Å². The maximum Gasteiger partial charge on any atom is 0.333 e. The molecule has 3 aromatic rings. The number of benzene rings is 3. The topological polar surface area (TPSA) is 23.6 Å². The average molecular weight is 405 g/mol. The molecule has 3 aromatic carbocycles. The third-order valence-corrected chi connectivity index (χ3v) is 4.92. The summed E-state index contributed by atoms with van der Waals surface area (Å²) in [4.78, 5) is 16.9. The number of carbonyl (C=O) groups excluding carboxylic acids is 1. The van der Waals surface area contributed by atoms with Gasteiger partial charge in [-0.25, -0.2) is 4.79 Å². The van der Waals surface area contributed by atoms with Gasteiger partial charge in [-0.2, -0.15) is 0 Å². The molecule has 128 valence electrons. The summed E-state index contributed by atoms with van der Waals surface area (Å²) in [5.41, 5.74) is 2.78. The lowest BCUT2D eigenvalue weighted by atomic mass is 10.0. The van der Waals surface area contributed by atoms with Gasteiger partial charge >= 0.3 is 6.03 Å². The van der Waals surface area contributed by atoms with E-state index in [1.54, 1.807) is 4.90 Å². The molecule has 0 N–H and O–H groups in total. The molecule has 0 saturated heterocycles. The summed E-state index contributed by atoms with van der Waals surface area (Å²) < 4.78 is 0.984. The van der Waals surface area contributed by atoms with E-state index in [1.807, 2.05) is 96.0 Å². The number of amides is 2. The molecule has 0 saturated carbocycles. The van der Waals surface area contributed by atoms with E-state index in [0.717, 1.165) is 21.4 Å². The molecule has 0 spiro atoms. The van der Waals surface area contributed by atoms with Crippen molar-refractivity contribution in [3.63, 3.8) is 0 Å². The number of halogens is 1. The van der Waals surface area contributed by atoms with Crippen molar-refractivity contribution in [2.75, 3.05) is 9.80 Å². The van der Waals surface area contributed by atoms with Gasteiger partial charge < -0.3 is 0 Å². The Bertz CT molecular complexity index is 923. The van der Waals surface area contributed by atoms with Crippen molar-refractivity contribution in [1.82, 2.24) is 0 Å². The molecule has 1 atom stereocenters. The molecule has 2 amide bonds. The minimum Gasteiger partial charge on any atom is -0.283 e. The van der Waals surface area contributed by atoms with Crippen LogP contribution in [0.1, 0.15) is 11.6 Å². The molecule has 0 radical (unpaired) electrons. The van der Waals surface area contributed by atoms with Crippen LogP contribution in [0.2, 0.25) is 0 Å². The number of rotatable bonds is 3. The Balaban J connectivity index is 1.80. The Labute approximate surface area is 161 Å². The van der Waals surface area contributed by atoms with E-state index in [-0.39, 0.29) is 12.1 Å². The highest BCUT2D eigenvalue weighted by Crippen LogP contribution is 2.34. The van der Waals surface area contributed by atoms with Crippen molar-refractivity contribution >= 4 is 33.3 Å². The fourth-order valence-electron chi connectivity index (χ4n) is 3.12. The molecule has 4 heteroatoms. The lowest BCUT2D eigenvalue weighted by Crippen LogP contribution is -2.45. The van der Waals surface area contributed by atoms with Gasteiger partial charge in [0, 0.05) is 16.4 Å². The summed E-state index contributed by atoms with van der Waals surface area (Å²) in [6, 6.07) is 27.4. The third-order valence-electron chi connectivity index (χ3n) is 4.39. The van der Waals surface area contributed by atoms with Crippen LogP contribution in [0, 0.1) is 0 Å². The van der Waals surface area contributed by atoms with Crippen molar-refractivity contribution in [2.45, 2.75) is 6.04 Å². The predicted molar refractivity (Wildman–Crippen MR) is 109 cm³/mol. The monoisotopic (exact) mass is 404 g/mol. The fourth-order valence-corrected chi connectivity index (χ4v) is 3.39. The molecule has 1 aliphatic rings. The van der Waals surface area contributed by atoms with E-state index >= 15 is 0 Å². The standard InChI is InChI=1S/C22H17BrN2O/c23-18-11-13-20(14-12-18)25-21(17-7-3-1-4-8-17)15-16-24(22(25)26)19-9-5-2-6-10-19/h1-16,21H/t21-/m1/s1. The normalized spacial score (nSPS) is 16.8. The van der Waals surface area contributed by atoms with Gasteiger partial charge in [-0.15, -0.1) is 0 Å². The maximum absolute atomic E-state index is 13.4. The van der Waals surface area contributed by atoms with Crippen LogP contribution in [-0.2, 0) is 0 Å². The first-order valence-corrected chi connectivity index (χ1v) is 9.20. The molecular weight excluding hydrogens is 388 g/mol. The largest absolute Gasteiger partial charge is 0.333 e. The Kier molecular flexibility index (Phi) is 4.59. The van der Waals surface area contributed by atoms with Crippen molar-refractivity contribution in [3.05, 3.63) is 107 Å². The lowest BCUT2D eigenvalue weighted by molar-refractivity contribution is 0.251. The van der Waals surface area contributed by atoms with Crippen molar-refractivity contribution in [3.8, 4) is 0 Å². The van der Waals surface area contributed by atoms with Gasteiger partial charge in [-0.05, 0) is 48.0 Å². The zero-order valence-corrected chi connectivity index (χ0v) is 15.6. The number of anilines is 2. The Morgan fingerprint density at radius 2 is 1.35 bits per heavy atom. The van der Waals surface area contributed by atoms with E-state index < -0.39 is 0 Å². The second-order valence-electron chi connectivity index (χ2n) is 6.03. The van der Waals surface area contributed by atoms with Crippen LogP contribution in [0.3, 0.4) is 0 Å². The number of nitrogens with zero attached hydrogens (tertiary/aromatic N) is 2. The van der Waals surface area contributed by atoms with Gasteiger partial charge in [0.1, 0.15) is 0 Å². The van der Waals surface area contributed by atoms with E-state index in [1.165, 1.54) is 0 Å². The average Bonchev–Trinajstić information content (AvgIpc) is 2.70. The highest BCUT2D eigenvalue weighted by molar-refractivity contribution is 9.10. The molecule has 4 rings (SSSR count). The minimum absolute atomic E-state index is 0.0742. The van der Waals surface area contributed by atoms with Crippen molar-refractivity contribution in [2.24, 2.45) is 0 Å². The zero-order valence-electron chi connectivity index (χ0n) is 14.0. The molecule has 0 aliphatic carbocycles. The Morgan fingerprint density at radius 3 is 2.00 bits per heavy atom. The first-order chi connectivity index (χ1) is 12.7. The van der Waals surface area contributed by atoms with Gasteiger partial charge in [0.25, 0.3) is 0 Å². The highest BCUT2D eigenvalue weighted by atomic mass is 79.9. The van der Waals surface area contributed by atoms with Crippen LogP contribution in [0.4, 0.5) is 16.2 Å². The van der Waals surface area contributed by atoms with Gasteiger partial charge in [-0.3, -0.25) is 9.80 Å². The zero-order chi connectivity index (χ0) is 17.9. The summed E-state index contributed by atoms with van der Waals surface area (Å²) >= 11 is 3.47. The fraction of sp³-hybridized carbons (Fsp3) is 0.0455. The van der Waals surface area contributed by atoms with Crippen LogP contribution in [-0.4, -0.2) is 6.03 Å². The first-order valence-electron chi connectivity index (χ1n) is 8.40. The maximum atomic E-state index is 13.4. The van der Waals surface area contributed by atoms with Crippen LogP contribution in [0.5, 0.6) is 0 Å². The molecule has 3 nitrogen and oxygen atoms in total. The summed E-state index contributed by atoms with van der Waals surface area (Å²) in [5, 5.41) is 0.